The van der Waals surface area contributed by atoms with Crippen LogP contribution >= 0.6 is 39.3 Å². The zero-order valence-electron chi connectivity index (χ0n) is 9.62. The van der Waals surface area contributed by atoms with Gasteiger partial charge in [0.15, 0.2) is 0 Å². The van der Waals surface area contributed by atoms with Gasteiger partial charge in [-0.2, -0.15) is 0 Å². The number of hydrogen-bond donors (Lipinski definition) is 0. The monoisotopic (exact) mass is 334 g/mol. The van der Waals surface area contributed by atoms with Gasteiger partial charge in [-0.3, -0.25) is 0 Å². The molecule has 17 heavy (non-hydrogen) atoms. The molecule has 1 heterocycles. The van der Waals surface area contributed by atoms with Gasteiger partial charge in [-0.25, -0.2) is 0 Å². The summed E-state index contributed by atoms with van der Waals surface area (Å²) in [6, 6.07) is 8.06. The maximum Gasteiger partial charge on any atom is 0.0541 e. The average Bonchev–Trinajstić information content (AvgIpc) is 2.39. The molecule has 1 fully saturated rings. The summed E-state index contributed by atoms with van der Waals surface area (Å²) in [7, 11) is 0. The van der Waals surface area contributed by atoms with Crippen LogP contribution in [0.1, 0.15) is 12.8 Å². The minimum absolute atomic E-state index is 0.363. The molecule has 4 heteroatoms. The van der Waals surface area contributed by atoms with Gasteiger partial charge in [0, 0.05) is 29.2 Å². The summed E-state index contributed by atoms with van der Waals surface area (Å²) in [6.45, 7) is 1.77. The van der Waals surface area contributed by atoms with Crippen LogP contribution in [-0.2, 0) is 4.74 Å². The average molecular weight is 336 g/mol. The fraction of sp³-hybridized carbons (Fsp3) is 0.538. The molecular weight excluding hydrogens is 320 g/mol. The summed E-state index contributed by atoms with van der Waals surface area (Å²) in [5, 5.41) is 1.90. The molecule has 0 amide bonds. The van der Waals surface area contributed by atoms with Crippen LogP contribution in [0.3, 0.4) is 0 Å². The van der Waals surface area contributed by atoms with E-state index in [1.54, 1.807) is 0 Å². The number of benzene rings is 1. The lowest BCUT2D eigenvalue weighted by Crippen LogP contribution is -2.33. The van der Waals surface area contributed by atoms with Gasteiger partial charge in [-0.1, -0.05) is 39.7 Å². The summed E-state index contributed by atoms with van der Waals surface area (Å²) >= 11 is 11.7. The van der Waals surface area contributed by atoms with Gasteiger partial charge in [0.25, 0.3) is 0 Å². The van der Waals surface area contributed by atoms with E-state index in [9.17, 15) is 0 Å². The Morgan fingerprint density at radius 3 is 2.65 bits per heavy atom. The van der Waals surface area contributed by atoms with E-state index in [1.807, 2.05) is 30.0 Å². The first-order valence-corrected chi connectivity index (χ1v) is 8.25. The van der Waals surface area contributed by atoms with Gasteiger partial charge < -0.3 is 4.74 Å². The molecule has 1 aromatic rings. The molecule has 0 spiro atoms. The molecule has 1 aliphatic heterocycles. The summed E-state index contributed by atoms with van der Waals surface area (Å²) in [6.07, 6.45) is 2.27. The molecule has 0 N–H and O–H groups in total. The molecule has 0 radical (unpaired) electrons. The highest BCUT2D eigenvalue weighted by molar-refractivity contribution is 9.09. The van der Waals surface area contributed by atoms with Crippen molar-refractivity contribution in [1.82, 2.24) is 0 Å². The number of rotatable bonds is 4. The second-order valence-corrected chi connectivity index (χ2v) is 6.45. The highest BCUT2D eigenvalue weighted by Crippen LogP contribution is 2.39. The molecule has 0 aromatic heterocycles. The maximum atomic E-state index is 6.17. The number of halogens is 2. The van der Waals surface area contributed by atoms with Crippen LogP contribution in [0.15, 0.2) is 29.2 Å². The predicted octanol–water partition coefficient (Wildman–Crippen LogP) is 4.62. The summed E-state index contributed by atoms with van der Waals surface area (Å²) in [5.74, 6) is 1.10. The first-order valence-electron chi connectivity index (χ1n) is 5.77. The largest absolute Gasteiger partial charge is 0.381 e. The predicted molar refractivity (Wildman–Crippen MR) is 78.5 cm³/mol. The second-order valence-electron chi connectivity index (χ2n) is 4.47. The molecule has 1 aromatic carbocycles. The van der Waals surface area contributed by atoms with Crippen LogP contribution < -0.4 is 0 Å². The van der Waals surface area contributed by atoms with E-state index in [1.165, 1.54) is 4.90 Å². The number of thioether (sulfide) groups is 1. The van der Waals surface area contributed by atoms with Gasteiger partial charge in [0.1, 0.15) is 0 Å². The molecular formula is C13H16BrClOS. The molecule has 0 bridgehead atoms. The summed E-state index contributed by atoms with van der Waals surface area (Å²) in [4.78, 5) is 1.18. The lowest BCUT2D eigenvalue weighted by atomic mass is 9.85. The minimum atomic E-state index is 0.363. The third-order valence-corrected chi connectivity index (χ3v) is 6.26. The van der Waals surface area contributed by atoms with E-state index in [4.69, 9.17) is 16.3 Å². The molecule has 1 saturated heterocycles. The Bertz CT molecular complexity index is 366. The number of hydrogen-bond acceptors (Lipinski definition) is 2. The Labute approximate surface area is 120 Å². The Morgan fingerprint density at radius 1 is 1.29 bits per heavy atom. The van der Waals surface area contributed by atoms with Crippen molar-refractivity contribution in [2.75, 3.05) is 24.3 Å². The van der Waals surface area contributed by atoms with Crippen LogP contribution in [0, 0.1) is 5.41 Å². The SMILES string of the molecule is Clc1ccccc1SCC1(CBr)CCOCC1. The van der Waals surface area contributed by atoms with Crippen molar-refractivity contribution in [1.29, 1.82) is 0 Å². The van der Waals surface area contributed by atoms with Crippen molar-refractivity contribution in [2.45, 2.75) is 17.7 Å². The lowest BCUT2D eigenvalue weighted by Gasteiger charge is -2.35. The van der Waals surface area contributed by atoms with E-state index in [-0.39, 0.29) is 0 Å². The summed E-state index contributed by atoms with van der Waals surface area (Å²) < 4.78 is 5.45. The van der Waals surface area contributed by atoms with Gasteiger partial charge in [-0.05, 0) is 30.4 Å². The van der Waals surface area contributed by atoms with Gasteiger partial charge in [0.05, 0.1) is 5.02 Å². The topological polar surface area (TPSA) is 9.23 Å². The molecule has 1 aliphatic rings. The van der Waals surface area contributed by atoms with E-state index < -0.39 is 0 Å². The summed E-state index contributed by atoms with van der Waals surface area (Å²) in [5.41, 5.74) is 0.363. The Kier molecular flexibility index (Phi) is 5.22. The Morgan fingerprint density at radius 2 is 2.00 bits per heavy atom. The fourth-order valence-electron chi connectivity index (χ4n) is 1.91. The Hall–Kier alpha value is 0.300. The molecule has 0 atom stereocenters. The van der Waals surface area contributed by atoms with Crippen molar-refractivity contribution in [2.24, 2.45) is 5.41 Å². The highest BCUT2D eigenvalue weighted by Gasteiger charge is 2.31. The molecule has 0 unspecified atom stereocenters. The number of ether oxygens (including phenoxy) is 1. The first-order chi connectivity index (χ1) is 8.26. The standard InChI is InChI=1S/C13H16BrClOS/c14-9-13(5-7-16-8-6-13)10-17-12-4-2-1-3-11(12)15/h1-4H,5-10H2. The third kappa shape index (κ3) is 3.63. The fourth-order valence-corrected chi connectivity index (χ4v) is 4.47. The van der Waals surface area contributed by atoms with Crippen molar-refractivity contribution < 1.29 is 4.74 Å². The number of alkyl halides is 1. The van der Waals surface area contributed by atoms with Gasteiger partial charge >= 0.3 is 0 Å². The van der Waals surface area contributed by atoms with Crippen molar-refractivity contribution in [3.8, 4) is 0 Å². The minimum Gasteiger partial charge on any atom is -0.381 e. The molecule has 1 nitrogen and oxygen atoms in total. The van der Waals surface area contributed by atoms with Crippen molar-refractivity contribution in [3.05, 3.63) is 29.3 Å². The first kappa shape index (κ1) is 13.7. The maximum absolute atomic E-state index is 6.17. The zero-order chi connectivity index (χ0) is 12.1. The van der Waals surface area contributed by atoms with Gasteiger partial charge in [0.2, 0.25) is 0 Å². The van der Waals surface area contributed by atoms with E-state index in [0.717, 1.165) is 42.2 Å². The molecule has 94 valence electrons. The molecule has 2 rings (SSSR count). The van der Waals surface area contributed by atoms with Crippen molar-refractivity contribution >= 4 is 39.3 Å². The molecule has 0 saturated carbocycles. The van der Waals surface area contributed by atoms with E-state index in [2.05, 4.69) is 22.0 Å². The molecule has 0 aliphatic carbocycles. The van der Waals surface area contributed by atoms with Gasteiger partial charge in [-0.15, -0.1) is 11.8 Å². The second kappa shape index (κ2) is 6.46. The zero-order valence-corrected chi connectivity index (χ0v) is 12.8. The normalized spacial score (nSPS) is 19.2. The lowest BCUT2D eigenvalue weighted by molar-refractivity contribution is 0.0374. The van der Waals surface area contributed by atoms with E-state index >= 15 is 0 Å². The van der Waals surface area contributed by atoms with Crippen LogP contribution in [0.4, 0.5) is 0 Å². The van der Waals surface area contributed by atoms with Crippen LogP contribution in [0.25, 0.3) is 0 Å². The third-order valence-electron chi connectivity index (χ3n) is 3.21. The smallest absolute Gasteiger partial charge is 0.0541 e. The highest BCUT2D eigenvalue weighted by atomic mass is 79.9. The van der Waals surface area contributed by atoms with Crippen LogP contribution in [0.5, 0.6) is 0 Å². The van der Waals surface area contributed by atoms with Crippen LogP contribution in [0.2, 0.25) is 5.02 Å². The Balaban J connectivity index is 1.98. The van der Waals surface area contributed by atoms with E-state index in [0.29, 0.717) is 5.41 Å². The van der Waals surface area contributed by atoms with Crippen molar-refractivity contribution in [3.63, 3.8) is 0 Å². The quantitative estimate of drug-likeness (QED) is 0.586. The van der Waals surface area contributed by atoms with Crippen LogP contribution in [-0.4, -0.2) is 24.3 Å².